The van der Waals surface area contributed by atoms with Gasteiger partial charge < -0.3 is 10.4 Å². The minimum absolute atomic E-state index is 0. The minimum atomic E-state index is -0.891. The molecule has 0 bridgehead atoms. The van der Waals surface area contributed by atoms with Crippen molar-refractivity contribution in [1.82, 2.24) is 10.2 Å². The Balaban J connectivity index is 0.00000210. The minimum Gasteiger partial charge on any atom is -0.478 e. The van der Waals surface area contributed by atoms with E-state index in [1.807, 2.05) is 26.0 Å². The van der Waals surface area contributed by atoms with Crippen LogP contribution in [0.1, 0.15) is 42.6 Å². The number of hydrogen-bond acceptors (Lipinski definition) is 4. The quantitative estimate of drug-likeness (QED) is 0.679. The van der Waals surface area contributed by atoms with Crippen molar-refractivity contribution < 1.29 is 14.7 Å². The highest BCUT2D eigenvalue weighted by atomic mass is 35.5. The van der Waals surface area contributed by atoms with Gasteiger partial charge in [0.1, 0.15) is 0 Å². The first kappa shape index (κ1) is 25.4. The Hall–Kier alpha value is -1.66. The lowest BCUT2D eigenvalue weighted by Crippen LogP contribution is -2.52. The predicted octanol–water partition coefficient (Wildman–Crippen LogP) is 3.87. The molecule has 1 aliphatic heterocycles. The third-order valence-electron chi connectivity index (χ3n) is 5.82. The third-order valence-corrected chi connectivity index (χ3v) is 5.82. The molecule has 29 heavy (non-hydrogen) atoms. The van der Waals surface area contributed by atoms with Gasteiger partial charge >= 0.3 is 5.97 Å². The van der Waals surface area contributed by atoms with Gasteiger partial charge in [-0.3, -0.25) is 9.69 Å². The normalized spacial score (nSPS) is 22.5. The molecule has 0 aromatic heterocycles. The first-order valence-corrected chi connectivity index (χ1v) is 9.52. The predicted molar refractivity (Wildman–Crippen MR) is 120 cm³/mol. The number of hydrogen-bond donors (Lipinski definition) is 2. The summed E-state index contributed by atoms with van der Waals surface area (Å²) in [5, 5.41) is 13.0. The number of Topliss-reactive ketones (excluding diaryl/α,β-unsaturated/α-hetero) is 1. The lowest BCUT2D eigenvalue weighted by molar-refractivity contribution is -0.116. The summed E-state index contributed by atoms with van der Waals surface area (Å²) in [6, 6.07) is 7.30. The summed E-state index contributed by atoms with van der Waals surface area (Å²) < 4.78 is 0. The maximum atomic E-state index is 12.4. The van der Waals surface area contributed by atoms with Gasteiger partial charge in [0.05, 0.1) is 5.56 Å². The van der Waals surface area contributed by atoms with E-state index in [-0.39, 0.29) is 42.6 Å². The van der Waals surface area contributed by atoms with Crippen LogP contribution in [0.15, 0.2) is 47.6 Å². The van der Waals surface area contributed by atoms with Crippen LogP contribution >= 0.6 is 24.8 Å². The van der Waals surface area contributed by atoms with Crippen LogP contribution in [0.2, 0.25) is 0 Å². The first-order valence-electron chi connectivity index (χ1n) is 9.52. The van der Waals surface area contributed by atoms with Gasteiger partial charge in [0.15, 0.2) is 5.78 Å². The fourth-order valence-electron chi connectivity index (χ4n) is 4.09. The zero-order valence-corrected chi connectivity index (χ0v) is 18.6. The van der Waals surface area contributed by atoms with Crippen LogP contribution in [0.4, 0.5) is 0 Å². The van der Waals surface area contributed by atoms with Crippen LogP contribution < -0.4 is 5.32 Å². The summed E-state index contributed by atoms with van der Waals surface area (Å²) in [6.45, 7) is 11.0. The zero-order chi connectivity index (χ0) is 19.6. The summed E-state index contributed by atoms with van der Waals surface area (Å²) in [6.07, 6.45) is 1.44. The van der Waals surface area contributed by atoms with Gasteiger partial charge in [0.25, 0.3) is 0 Å². The highest BCUT2D eigenvalue weighted by Gasteiger charge is 2.32. The molecule has 3 rings (SSSR count). The maximum absolute atomic E-state index is 12.4. The van der Waals surface area contributed by atoms with Crippen molar-refractivity contribution in [2.45, 2.75) is 39.3 Å². The van der Waals surface area contributed by atoms with Crippen molar-refractivity contribution in [3.05, 3.63) is 58.7 Å². The summed E-state index contributed by atoms with van der Waals surface area (Å²) in [5.74, 6) is -0.446. The van der Waals surface area contributed by atoms with Crippen molar-refractivity contribution in [1.29, 1.82) is 0 Å². The number of nitrogens with zero attached hydrogens (tertiary/aromatic N) is 1. The molecule has 5 nitrogen and oxygen atoms in total. The summed E-state index contributed by atoms with van der Waals surface area (Å²) in [5.41, 5.74) is 4.33. The molecule has 1 saturated heterocycles. The smallest absolute Gasteiger partial charge is 0.336 e. The molecule has 2 atom stereocenters. The van der Waals surface area contributed by atoms with Gasteiger partial charge in [0.2, 0.25) is 0 Å². The molecule has 160 valence electrons. The lowest BCUT2D eigenvalue weighted by atomic mass is 9.77. The van der Waals surface area contributed by atoms with E-state index >= 15 is 0 Å². The van der Waals surface area contributed by atoms with Crippen LogP contribution in [0.25, 0.3) is 0 Å². The Morgan fingerprint density at radius 3 is 2.62 bits per heavy atom. The molecule has 2 N–H and O–H groups in total. The van der Waals surface area contributed by atoms with Gasteiger partial charge in [-0.05, 0) is 49.0 Å². The average Bonchev–Trinajstić information content (AvgIpc) is 2.64. The average molecular weight is 441 g/mol. The third kappa shape index (κ3) is 5.92. The number of rotatable bonds is 5. The fourth-order valence-corrected chi connectivity index (χ4v) is 4.09. The molecule has 0 radical (unpaired) electrons. The molecule has 1 fully saturated rings. The highest BCUT2D eigenvalue weighted by Crippen LogP contribution is 2.33. The van der Waals surface area contributed by atoms with E-state index in [0.29, 0.717) is 18.5 Å². The summed E-state index contributed by atoms with van der Waals surface area (Å²) in [4.78, 5) is 26.2. The van der Waals surface area contributed by atoms with Crippen LogP contribution in [-0.4, -0.2) is 47.4 Å². The molecule has 1 aromatic rings. The number of piperazine rings is 1. The Bertz CT molecular complexity index is 807. The van der Waals surface area contributed by atoms with Gasteiger partial charge in [-0.2, -0.15) is 0 Å². The number of nitrogens with one attached hydrogen (secondary N) is 1. The largest absolute Gasteiger partial charge is 0.478 e. The van der Waals surface area contributed by atoms with E-state index in [4.69, 9.17) is 0 Å². The second-order valence-electron chi connectivity index (χ2n) is 7.73. The molecule has 1 aromatic carbocycles. The number of halogens is 2. The standard InChI is InChI=1S/C22H28N2O3.2ClH/c1-14(2)17-10-19(15(3)21(25)11-17)20-13-24(9-8-23-20)12-16-6-4-5-7-18(16)22(26)27;;/h4-7,17,20,23H,1,8-13H2,2-3H3,(H,26,27);2*1H. The van der Waals surface area contributed by atoms with Crippen molar-refractivity contribution in [2.24, 2.45) is 5.92 Å². The molecule has 2 aliphatic rings. The molecular formula is C22H30Cl2N2O3. The second kappa shape index (κ2) is 10.9. The van der Waals surface area contributed by atoms with E-state index < -0.39 is 5.97 Å². The molecule has 0 amide bonds. The second-order valence-corrected chi connectivity index (χ2v) is 7.73. The van der Waals surface area contributed by atoms with E-state index in [1.165, 1.54) is 5.57 Å². The number of carbonyl (C=O) groups is 2. The molecular weight excluding hydrogens is 411 g/mol. The Morgan fingerprint density at radius 2 is 1.97 bits per heavy atom. The zero-order valence-electron chi connectivity index (χ0n) is 16.9. The van der Waals surface area contributed by atoms with Gasteiger partial charge in [-0.25, -0.2) is 4.79 Å². The molecule has 1 aliphatic carbocycles. The monoisotopic (exact) mass is 440 g/mol. The lowest BCUT2D eigenvalue weighted by Gasteiger charge is -2.38. The van der Waals surface area contributed by atoms with Gasteiger partial charge in [-0.15, -0.1) is 24.8 Å². The molecule has 1 heterocycles. The number of ketones is 1. The van der Waals surface area contributed by atoms with Crippen molar-refractivity contribution in [3.8, 4) is 0 Å². The van der Waals surface area contributed by atoms with E-state index in [0.717, 1.165) is 42.8 Å². The van der Waals surface area contributed by atoms with Crippen LogP contribution in [-0.2, 0) is 11.3 Å². The number of carboxylic acid groups (broad SMARTS) is 1. The summed E-state index contributed by atoms with van der Waals surface area (Å²) in [7, 11) is 0. The number of carboxylic acids is 1. The Kier molecular flexibility index (Phi) is 9.56. The number of aromatic carboxylic acids is 1. The first-order chi connectivity index (χ1) is 12.9. The van der Waals surface area contributed by atoms with Crippen LogP contribution in [0, 0.1) is 5.92 Å². The molecule has 0 spiro atoms. The van der Waals surface area contributed by atoms with Crippen LogP contribution in [0.3, 0.4) is 0 Å². The fraction of sp³-hybridized carbons (Fsp3) is 0.455. The van der Waals surface area contributed by atoms with Gasteiger partial charge in [-0.1, -0.05) is 30.4 Å². The number of benzene rings is 1. The van der Waals surface area contributed by atoms with E-state index in [9.17, 15) is 14.7 Å². The molecule has 0 saturated carbocycles. The highest BCUT2D eigenvalue weighted by molar-refractivity contribution is 5.97. The molecule has 2 unspecified atom stereocenters. The topological polar surface area (TPSA) is 69.6 Å². The summed E-state index contributed by atoms with van der Waals surface area (Å²) >= 11 is 0. The van der Waals surface area contributed by atoms with Crippen molar-refractivity contribution in [3.63, 3.8) is 0 Å². The van der Waals surface area contributed by atoms with Crippen molar-refractivity contribution in [2.75, 3.05) is 19.6 Å². The molecule has 7 heteroatoms. The Labute approximate surface area is 185 Å². The van der Waals surface area contributed by atoms with E-state index in [2.05, 4.69) is 16.8 Å². The van der Waals surface area contributed by atoms with Crippen LogP contribution in [0.5, 0.6) is 0 Å². The maximum Gasteiger partial charge on any atom is 0.336 e. The SMILES string of the molecule is C=C(C)C1CC(=O)C(C)=C(C2CN(Cc3ccccc3C(=O)O)CCN2)C1.Cl.Cl. The number of carbonyl (C=O) groups excluding carboxylic acids is 1. The Morgan fingerprint density at radius 1 is 1.28 bits per heavy atom. The number of allylic oxidation sites excluding steroid dienone is 2. The van der Waals surface area contributed by atoms with Gasteiger partial charge in [0, 0.05) is 38.6 Å². The van der Waals surface area contributed by atoms with Crippen molar-refractivity contribution >= 4 is 36.6 Å². The van der Waals surface area contributed by atoms with E-state index in [1.54, 1.807) is 12.1 Å².